The highest BCUT2D eigenvalue weighted by atomic mass is 16.4. The van der Waals surface area contributed by atoms with E-state index in [-0.39, 0.29) is 18.0 Å². The summed E-state index contributed by atoms with van der Waals surface area (Å²) in [4.78, 5) is 26.9. The first-order valence-electron chi connectivity index (χ1n) is 11.8. The van der Waals surface area contributed by atoms with E-state index < -0.39 is 5.97 Å². The maximum absolute atomic E-state index is 13.5. The maximum atomic E-state index is 13.5. The first kappa shape index (κ1) is 22.0. The Labute approximate surface area is 199 Å². The van der Waals surface area contributed by atoms with E-state index >= 15 is 0 Å². The Hall–Kier alpha value is -3.86. The molecule has 1 saturated carbocycles. The number of rotatable bonds is 6. The largest absolute Gasteiger partial charge is 0.478 e. The van der Waals surface area contributed by atoms with Crippen LogP contribution in [-0.2, 0) is 11.3 Å². The molecule has 0 aliphatic heterocycles. The van der Waals surface area contributed by atoms with E-state index in [1.807, 2.05) is 59.2 Å². The number of carbonyl (C=O) groups excluding carboxylic acids is 1. The SMILES string of the molecule is CN(C(=O)Cn1c(-c2ccccc2)c(C2CCCC2)c2ccc(C(=O)O)cc21)c1ccccc1. The maximum Gasteiger partial charge on any atom is 0.335 e. The van der Waals surface area contributed by atoms with E-state index in [9.17, 15) is 14.7 Å². The monoisotopic (exact) mass is 452 g/mol. The van der Waals surface area contributed by atoms with Gasteiger partial charge in [0.2, 0.25) is 5.91 Å². The van der Waals surface area contributed by atoms with E-state index in [4.69, 9.17) is 0 Å². The number of aromatic carboxylic acids is 1. The van der Waals surface area contributed by atoms with Gasteiger partial charge in [0.05, 0.1) is 16.8 Å². The molecule has 1 amide bonds. The molecule has 0 radical (unpaired) electrons. The van der Waals surface area contributed by atoms with Crippen LogP contribution in [0.1, 0.15) is 47.5 Å². The Kier molecular flexibility index (Phi) is 5.93. The van der Waals surface area contributed by atoms with Gasteiger partial charge in [0, 0.05) is 18.1 Å². The number of aromatic nitrogens is 1. The summed E-state index contributed by atoms with van der Waals surface area (Å²) in [6.45, 7) is 0.127. The predicted molar refractivity (Wildman–Crippen MR) is 135 cm³/mol. The van der Waals surface area contributed by atoms with E-state index in [2.05, 4.69) is 12.1 Å². The molecule has 0 atom stereocenters. The van der Waals surface area contributed by atoms with Crippen molar-refractivity contribution in [3.8, 4) is 11.3 Å². The van der Waals surface area contributed by atoms with Crippen molar-refractivity contribution in [3.05, 3.63) is 90.0 Å². The minimum atomic E-state index is -0.967. The second-order valence-corrected chi connectivity index (χ2v) is 9.02. The molecule has 172 valence electrons. The normalized spacial score (nSPS) is 13.9. The fourth-order valence-corrected chi connectivity index (χ4v) is 5.25. The van der Waals surface area contributed by atoms with Crippen LogP contribution in [0.3, 0.4) is 0 Å². The van der Waals surface area contributed by atoms with E-state index in [0.717, 1.165) is 40.7 Å². The van der Waals surface area contributed by atoms with Crippen molar-refractivity contribution in [1.29, 1.82) is 0 Å². The van der Waals surface area contributed by atoms with Crippen molar-refractivity contribution >= 4 is 28.5 Å². The van der Waals surface area contributed by atoms with Crippen molar-refractivity contribution in [1.82, 2.24) is 4.57 Å². The van der Waals surface area contributed by atoms with Crippen LogP contribution in [0, 0.1) is 0 Å². The van der Waals surface area contributed by atoms with Crippen molar-refractivity contribution in [3.63, 3.8) is 0 Å². The summed E-state index contributed by atoms with van der Waals surface area (Å²) in [5.74, 6) is -0.623. The van der Waals surface area contributed by atoms with Gasteiger partial charge in [0.25, 0.3) is 0 Å². The molecule has 1 aliphatic carbocycles. The van der Waals surface area contributed by atoms with Gasteiger partial charge in [-0.25, -0.2) is 4.79 Å². The molecule has 1 aliphatic rings. The topological polar surface area (TPSA) is 62.5 Å². The molecule has 34 heavy (non-hydrogen) atoms. The molecule has 1 fully saturated rings. The van der Waals surface area contributed by atoms with Gasteiger partial charge in [-0.2, -0.15) is 0 Å². The number of anilines is 1. The van der Waals surface area contributed by atoms with Gasteiger partial charge in [0.1, 0.15) is 6.54 Å². The van der Waals surface area contributed by atoms with Crippen LogP contribution < -0.4 is 4.90 Å². The fraction of sp³-hybridized carbons (Fsp3) is 0.241. The number of hydrogen-bond acceptors (Lipinski definition) is 2. The molecule has 1 aromatic heterocycles. The smallest absolute Gasteiger partial charge is 0.335 e. The van der Waals surface area contributed by atoms with Crippen molar-refractivity contribution < 1.29 is 14.7 Å². The van der Waals surface area contributed by atoms with Gasteiger partial charge < -0.3 is 14.6 Å². The van der Waals surface area contributed by atoms with Gasteiger partial charge in [-0.05, 0) is 54.2 Å². The highest BCUT2D eigenvalue weighted by Gasteiger charge is 2.29. The zero-order chi connectivity index (χ0) is 23.7. The van der Waals surface area contributed by atoms with Crippen molar-refractivity contribution in [2.24, 2.45) is 0 Å². The van der Waals surface area contributed by atoms with Gasteiger partial charge in [-0.1, -0.05) is 67.4 Å². The van der Waals surface area contributed by atoms with E-state index in [0.29, 0.717) is 5.92 Å². The number of likely N-dealkylation sites (N-methyl/N-ethyl adjacent to an activating group) is 1. The summed E-state index contributed by atoms with van der Waals surface area (Å²) in [6.07, 6.45) is 4.60. The molecule has 0 saturated heterocycles. The Balaban J connectivity index is 1.71. The summed E-state index contributed by atoms with van der Waals surface area (Å²) in [5, 5.41) is 10.7. The first-order valence-corrected chi connectivity index (χ1v) is 11.8. The molecule has 5 heteroatoms. The number of nitrogens with zero attached hydrogens (tertiary/aromatic N) is 2. The molecule has 1 heterocycles. The summed E-state index contributed by atoms with van der Waals surface area (Å²) in [5.41, 5.74) is 5.17. The highest BCUT2D eigenvalue weighted by molar-refractivity contribution is 6.00. The zero-order valence-electron chi connectivity index (χ0n) is 19.3. The molecule has 0 spiro atoms. The van der Waals surface area contributed by atoms with Crippen LogP contribution in [0.25, 0.3) is 22.2 Å². The number of carboxylic acid groups (broad SMARTS) is 1. The fourth-order valence-electron chi connectivity index (χ4n) is 5.25. The Bertz CT molecular complexity index is 1340. The van der Waals surface area contributed by atoms with Gasteiger partial charge in [-0.15, -0.1) is 0 Å². The molecule has 4 aromatic rings. The number of carboxylic acids is 1. The van der Waals surface area contributed by atoms with Gasteiger partial charge in [0.15, 0.2) is 0 Å². The summed E-state index contributed by atoms with van der Waals surface area (Å²) in [6, 6.07) is 25.1. The van der Waals surface area contributed by atoms with Gasteiger partial charge >= 0.3 is 5.97 Å². The lowest BCUT2D eigenvalue weighted by Gasteiger charge is -2.20. The molecular weight excluding hydrogens is 424 g/mol. The molecule has 0 bridgehead atoms. The quantitative estimate of drug-likeness (QED) is 0.372. The predicted octanol–water partition coefficient (Wildman–Crippen LogP) is 6.33. The molecule has 3 aromatic carbocycles. The highest BCUT2D eigenvalue weighted by Crippen LogP contribution is 2.45. The van der Waals surface area contributed by atoms with E-state index in [1.165, 1.54) is 18.4 Å². The van der Waals surface area contributed by atoms with Crippen LogP contribution in [0.2, 0.25) is 0 Å². The summed E-state index contributed by atoms with van der Waals surface area (Å²) in [7, 11) is 1.78. The van der Waals surface area contributed by atoms with Crippen molar-refractivity contribution in [2.45, 2.75) is 38.1 Å². The van der Waals surface area contributed by atoms with Crippen LogP contribution >= 0.6 is 0 Å². The number of amides is 1. The Morgan fingerprint density at radius 1 is 0.941 bits per heavy atom. The lowest BCUT2D eigenvalue weighted by atomic mass is 9.92. The average Bonchev–Trinajstić information content (AvgIpc) is 3.50. The van der Waals surface area contributed by atoms with Crippen LogP contribution in [0.15, 0.2) is 78.9 Å². The second kappa shape index (κ2) is 9.18. The second-order valence-electron chi connectivity index (χ2n) is 9.02. The Morgan fingerprint density at radius 2 is 1.59 bits per heavy atom. The van der Waals surface area contributed by atoms with Crippen LogP contribution in [0.5, 0.6) is 0 Å². The third-order valence-corrected chi connectivity index (χ3v) is 6.97. The minimum absolute atomic E-state index is 0.0565. The van der Waals surface area contributed by atoms with Gasteiger partial charge in [-0.3, -0.25) is 4.79 Å². The number of carbonyl (C=O) groups is 2. The third kappa shape index (κ3) is 3.98. The molecule has 5 rings (SSSR count). The number of fused-ring (bicyclic) bond motifs is 1. The van der Waals surface area contributed by atoms with Crippen molar-refractivity contribution in [2.75, 3.05) is 11.9 Å². The molecular formula is C29H28N2O3. The van der Waals surface area contributed by atoms with E-state index in [1.54, 1.807) is 24.1 Å². The molecule has 1 N–H and O–H groups in total. The summed E-state index contributed by atoms with van der Waals surface area (Å²) < 4.78 is 2.03. The van der Waals surface area contributed by atoms with Crippen LogP contribution in [-0.4, -0.2) is 28.6 Å². The number of para-hydroxylation sites is 1. The minimum Gasteiger partial charge on any atom is -0.478 e. The third-order valence-electron chi connectivity index (χ3n) is 6.97. The average molecular weight is 453 g/mol. The lowest BCUT2D eigenvalue weighted by Crippen LogP contribution is -2.30. The standard InChI is InChI=1S/C29H28N2O3/c1-30(23-14-6-3-7-15-23)26(32)19-31-25-18-22(29(33)34)16-17-24(25)27(20-10-8-9-11-20)28(31)21-12-4-2-5-13-21/h2-7,12-18,20H,8-11,19H2,1H3,(H,33,34). The number of benzene rings is 3. The molecule has 0 unspecified atom stereocenters. The molecule has 5 nitrogen and oxygen atoms in total. The zero-order valence-corrected chi connectivity index (χ0v) is 19.3. The first-order chi connectivity index (χ1) is 16.5. The number of hydrogen-bond donors (Lipinski definition) is 1. The Morgan fingerprint density at radius 3 is 2.24 bits per heavy atom. The summed E-state index contributed by atoms with van der Waals surface area (Å²) >= 11 is 0. The lowest BCUT2D eigenvalue weighted by molar-refractivity contribution is -0.118. The van der Waals surface area contributed by atoms with Crippen LogP contribution in [0.4, 0.5) is 5.69 Å².